The van der Waals surface area contributed by atoms with E-state index < -0.39 is 5.60 Å². The van der Waals surface area contributed by atoms with Gasteiger partial charge in [-0.15, -0.1) is 0 Å². The smallest absolute Gasteiger partial charge is 0.343 e. The molecule has 19 heavy (non-hydrogen) atoms. The number of esters is 1. The van der Waals surface area contributed by atoms with Gasteiger partial charge in [0.15, 0.2) is 11.4 Å². The number of hydrogen-bond donors (Lipinski definition) is 0. The molecule has 100 valence electrons. The first-order valence-corrected chi connectivity index (χ1v) is 6.76. The predicted octanol–water partition coefficient (Wildman–Crippen LogP) is 3.22. The topological polar surface area (TPSA) is 35.5 Å². The number of carbonyl (C=O) groups excluding carboxylic acids is 1. The second-order valence-electron chi connectivity index (χ2n) is 5.31. The third-order valence-corrected chi connectivity index (χ3v) is 4.16. The fourth-order valence-electron chi connectivity index (χ4n) is 3.24. The summed E-state index contributed by atoms with van der Waals surface area (Å²) in [5.41, 5.74) is 2.11. The molecule has 1 saturated carbocycles. The molecule has 0 bridgehead atoms. The lowest BCUT2D eigenvalue weighted by atomic mass is 9.93. The van der Waals surface area contributed by atoms with Crippen LogP contribution in [0.15, 0.2) is 30.0 Å². The monoisotopic (exact) mass is 258 g/mol. The molecule has 1 aromatic rings. The van der Waals surface area contributed by atoms with Crippen LogP contribution in [0.5, 0.6) is 0 Å². The summed E-state index contributed by atoms with van der Waals surface area (Å²) in [6.45, 7) is 2.00. The van der Waals surface area contributed by atoms with Crippen molar-refractivity contribution in [3.05, 3.63) is 41.2 Å². The molecule has 1 aliphatic heterocycles. The molecule has 1 fully saturated rings. The van der Waals surface area contributed by atoms with Gasteiger partial charge in [-0.05, 0) is 43.7 Å². The molecule has 1 spiro atoms. The average Bonchev–Trinajstić information content (AvgIpc) is 2.96. The van der Waals surface area contributed by atoms with E-state index in [1.54, 1.807) is 7.11 Å². The van der Waals surface area contributed by atoms with Crippen LogP contribution in [-0.2, 0) is 14.3 Å². The Morgan fingerprint density at radius 3 is 2.53 bits per heavy atom. The Balaban J connectivity index is 2.16. The lowest BCUT2D eigenvalue weighted by Gasteiger charge is -2.24. The van der Waals surface area contributed by atoms with Crippen molar-refractivity contribution in [1.29, 1.82) is 0 Å². The Bertz CT molecular complexity index is 551. The zero-order valence-corrected chi connectivity index (χ0v) is 11.4. The summed E-state index contributed by atoms with van der Waals surface area (Å²) >= 11 is 0. The van der Waals surface area contributed by atoms with Crippen LogP contribution < -0.4 is 0 Å². The van der Waals surface area contributed by atoms with Crippen molar-refractivity contribution in [2.75, 3.05) is 7.11 Å². The van der Waals surface area contributed by atoms with Gasteiger partial charge in [-0.25, -0.2) is 4.79 Å². The Labute approximate surface area is 113 Å². The summed E-state index contributed by atoms with van der Waals surface area (Å²) in [5, 5.41) is 0. The number of aryl methyl sites for hydroxylation is 1. The minimum atomic E-state index is -0.497. The van der Waals surface area contributed by atoms with E-state index in [0.717, 1.165) is 42.6 Å². The third kappa shape index (κ3) is 1.76. The van der Waals surface area contributed by atoms with E-state index in [2.05, 4.69) is 0 Å². The van der Waals surface area contributed by atoms with Crippen LogP contribution in [0.2, 0.25) is 0 Å². The molecule has 1 aliphatic carbocycles. The van der Waals surface area contributed by atoms with E-state index in [1.165, 1.54) is 0 Å². The second-order valence-corrected chi connectivity index (χ2v) is 5.31. The quantitative estimate of drug-likeness (QED) is 0.764. The van der Waals surface area contributed by atoms with Gasteiger partial charge in [0.05, 0.1) is 7.11 Å². The van der Waals surface area contributed by atoms with E-state index in [4.69, 9.17) is 9.47 Å². The molecule has 3 heteroatoms. The van der Waals surface area contributed by atoms with E-state index in [1.807, 2.05) is 31.2 Å². The van der Waals surface area contributed by atoms with Gasteiger partial charge < -0.3 is 9.47 Å². The first-order valence-electron chi connectivity index (χ1n) is 6.76. The van der Waals surface area contributed by atoms with Crippen molar-refractivity contribution in [3.8, 4) is 0 Å². The Hall–Kier alpha value is -1.77. The SMILES string of the molecule is COC1=C(c2ccccc2C)C(=O)OC12CCCC2. The molecular weight excluding hydrogens is 240 g/mol. The van der Waals surface area contributed by atoms with Gasteiger partial charge in [0.2, 0.25) is 0 Å². The Kier molecular flexibility index (Phi) is 2.85. The third-order valence-electron chi connectivity index (χ3n) is 4.16. The lowest BCUT2D eigenvalue weighted by Crippen LogP contribution is -2.28. The highest BCUT2D eigenvalue weighted by Crippen LogP contribution is 2.48. The van der Waals surface area contributed by atoms with E-state index in [9.17, 15) is 4.79 Å². The van der Waals surface area contributed by atoms with E-state index in [-0.39, 0.29) is 5.97 Å². The first-order chi connectivity index (χ1) is 9.18. The molecule has 2 aliphatic rings. The zero-order valence-electron chi connectivity index (χ0n) is 11.4. The van der Waals surface area contributed by atoms with Crippen LogP contribution in [0, 0.1) is 6.92 Å². The summed E-state index contributed by atoms with van der Waals surface area (Å²) < 4.78 is 11.3. The molecule has 0 saturated heterocycles. The number of benzene rings is 1. The van der Waals surface area contributed by atoms with Crippen LogP contribution in [0.25, 0.3) is 5.57 Å². The average molecular weight is 258 g/mol. The maximum absolute atomic E-state index is 12.3. The van der Waals surface area contributed by atoms with Crippen molar-refractivity contribution in [2.45, 2.75) is 38.2 Å². The highest BCUT2D eigenvalue weighted by molar-refractivity contribution is 6.20. The largest absolute Gasteiger partial charge is 0.496 e. The van der Waals surface area contributed by atoms with Crippen molar-refractivity contribution in [2.24, 2.45) is 0 Å². The summed E-state index contributed by atoms with van der Waals surface area (Å²) in [5.74, 6) is 0.484. The lowest BCUT2D eigenvalue weighted by molar-refractivity contribution is -0.146. The maximum atomic E-state index is 12.3. The van der Waals surface area contributed by atoms with E-state index in [0.29, 0.717) is 5.57 Å². The highest BCUT2D eigenvalue weighted by Gasteiger charge is 2.51. The van der Waals surface area contributed by atoms with Gasteiger partial charge in [-0.2, -0.15) is 0 Å². The number of methoxy groups -OCH3 is 1. The molecule has 0 radical (unpaired) electrons. The minimum absolute atomic E-state index is 0.243. The normalized spacial score (nSPS) is 21.1. The van der Waals surface area contributed by atoms with Crippen LogP contribution in [0.4, 0.5) is 0 Å². The van der Waals surface area contributed by atoms with Gasteiger partial charge >= 0.3 is 5.97 Å². The number of rotatable bonds is 2. The molecule has 0 atom stereocenters. The van der Waals surface area contributed by atoms with Crippen LogP contribution in [0.1, 0.15) is 36.8 Å². The van der Waals surface area contributed by atoms with E-state index >= 15 is 0 Å². The fourth-order valence-corrected chi connectivity index (χ4v) is 3.24. The number of carbonyl (C=O) groups is 1. The highest BCUT2D eigenvalue weighted by atomic mass is 16.6. The van der Waals surface area contributed by atoms with Crippen molar-refractivity contribution in [3.63, 3.8) is 0 Å². The van der Waals surface area contributed by atoms with Crippen molar-refractivity contribution < 1.29 is 14.3 Å². The van der Waals surface area contributed by atoms with Gasteiger partial charge in [-0.1, -0.05) is 24.3 Å². The molecule has 0 aromatic heterocycles. The molecule has 1 heterocycles. The maximum Gasteiger partial charge on any atom is 0.343 e. The summed E-state index contributed by atoms with van der Waals surface area (Å²) in [4.78, 5) is 12.3. The first kappa shape index (κ1) is 12.3. The van der Waals surface area contributed by atoms with Crippen LogP contribution >= 0.6 is 0 Å². The summed E-state index contributed by atoms with van der Waals surface area (Å²) in [6, 6.07) is 7.87. The fraction of sp³-hybridized carbons (Fsp3) is 0.438. The Morgan fingerprint density at radius 1 is 1.21 bits per heavy atom. The van der Waals surface area contributed by atoms with Crippen molar-refractivity contribution >= 4 is 11.5 Å². The minimum Gasteiger partial charge on any atom is -0.496 e. The predicted molar refractivity (Wildman–Crippen MR) is 72.4 cm³/mol. The molecule has 3 rings (SSSR count). The number of hydrogen-bond acceptors (Lipinski definition) is 3. The zero-order chi connectivity index (χ0) is 13.5. The molecule has 0 N–H and O–H groups in total. The summed E-state index contributed by atoms with van der Waals surface area (Å²) in [7, 11) is 1.63. The molecule has 0 unspecified atom stereocenters. The standard InChI is InChI=1S/C16H18O3/c1-11-7-3-4-8-12(11)13-14(18-2)16(19-15(13)17)9-5-6-10-16/h3-4,7-8H,5-6,9-10H2,1-2H3. The summed E-state index contributed by atoms with van der Waals surface area (Å²) in [6.07, 6.45) is 3.91. The molecule has 0 amide bonds. The van der Waals surface area contributed by atoms with Gasteiger partial charge in [0.25, 0.3) is 0 Å². The molecule has 3 nitrogen and oxygen atoms in total. The molecule has 1 aromatic carbocycles. The Morgan fingerprint density at radius 2 is 1.89 bits per heavy atom. The van der Waals surface area contributed by atoms with Crippen molar-refractivity contribution in [1.82, 2.24) is 0 Å². The van der Waals surface area contributed by atoms with Gasteiger partial charge in [-0.3, -0.25) is 0 Å². The van der Waals surface area contributed by atoms with Crippen LogP contribution in [0.3, 0.4) is 0 Å². The molecular formula is C16H18O3. The van der Waals surface area contributed by atoms with Crippen LogP contribution in [-0.4, -0.2) is 18.7 Å². The number of ether oxygens (including phenoxy) is 2. The second kappa shape index (κ2) is 4.41. The van der Waals surface area contributed by atoms with Gasteiger partial charge in [0, 0.05) is 0 Å². The van der Waals surface area contributed by atoms with Gasteiger partial charge in [0.1, 0.15) is 5.57 Å².